The molecule has 2 aromatic carbocycles. The zero-order chi connectivity index (χ0) is 24.2. The van der Waals surface area contributed by atoms with Crippen molar-refractivity contribution >= 4 is 22.0 Å². The second-order valence-corrected chi connectivity index (χ2v) is 10.5. The zero-order valence-corrected chi connectivity index (χ0v) is 21.7. The molecule has 0 spiro atoms. The number of ether oxygens (including phenoxy) is 4. The summed E-state index contributed by atoms with van der Waals surface area (Å²) < 4.78 is 23.8. The smallest absolute Gasteiger partial charge is 0.410 e. The summed E-state index contributed by atoms with van der Waals surface area (Å²) in [7, 11) is 1.65. The molecule has 0 aromatic heterocycles. The second-order valence-electron chi connectivity index (χ2n) is 9.63. The molecule has 2 aromatic rings. The first-order chi connectivity index (χ1) is 17.1. The fourth-order valence-corrected chi connectivity index (χ4v) is 5.73. The molecule has 0 N–H and O–H groups in total. The van der Waals surface area contributed by atoms with E-state index in [4.69, 9.17) is 18.9 Å². The number of hydrogen-bond acceptors (Lipinski definition) is 6. The molecular formula is C27H33BrN2O5. The highest BCUT2D eigenvalue weighted by molar-refractivity contribution is 9.10. The summed E-state index contributed by atoms with van der Waals surface area (Å²) >= 11 is 3.49. The summed E-state index contributed by atoms with van der Waals surface area (Å²) in [5, 5.41) is 0. The number of rotatable bonds is 8. The predicted molar refractivity (Wildman–Crippen MR) is 136 cm³/mol. The van der Waals surface area contributed by atoms with Gasteiger partial charge in [-0.3, -0.25) is 4.90 Å². The van der Waals surface area contributed by atoms with Gasteiger partial charge in [-0.05, 0) is 66.2 Å². The van der Waals surface area contributed by atoms with E-state index >= 15 is 0 Å². The van der Waals surface area contributed by atoms with Gasteiger partial charge in [0.05, 0.1) is 17.6 Å². The molecule has 0 bridgehead atoms. The number of benzene rings is 2. The fraction of sp³-hybridized carbons (Fsp3) is 0.519. The number of hydrogen-bond donors (Lipinski definition) is 0. The highest BCUT2D eigenvalue weighted by Crippen LogP contribution is 2.40. The Balaban J connectivity index is 1.07. The van der Waals surface area contributed by atoms with E-state index in [1.54, 1.807) is 7.11 Å². The normalized spacial score (nSPS) is 22.8. The molecular weight excluding hydrogens is 512 g/mol. The lowest BCUT2D eigenvalue weighted by molar-refractivity contribution is 0.0463. The molecule has 7 nitrogen and oxygen atoms in total. The lowest BCUT2D eigenvalue weighted by Gasteiger charge is -2.36. The molecule has 3 aliphatic heterocycles. The van der Waals surface area contributed by atoms with Crippen LogP contribution in [0.2, 0.25) is 0 Å². The lowest BCUT2D eigenvalue weighted by Crippen LogP contribution is -2.44. The summed E-state index contributed by atoms with van der Waals surface area (Å²) in [6.07, 6.45) is 3.98. The third-order valence-electron chi connectivity index (χ3n) is 7.27. The quantitative estimate of drug-likeness (QED) is 0.477. The molecule has 0 aliphatic carbocycles. The molecule has 1 unspecified atom stereocenters. The van der Waals surface area contributed by atoms with E-state index in [0.717, 1.165) is 73.6 Å². The number of amides is 1. The van der Waals surface area contributed by atoms with Gasteiger partial charge in [-0.2, -0.15) is 0 Å². The van der Waals surface area contributed by atoms with Gasteiger partial charge in [0.2, 0.25) is 0 Å². The summed E-state index contributed by atoms with van der Waals surface area (Å²) in [5.74, 6) is 2.85. The van der Waals surface area contributed by atoms with Gasteiger partial charge in [-0.25, -0.2) is 4.79 Å². The Labute approximate surface area is 215 Å². The first kappa shape index (κ1) is 24.3. The molecule has 2 saturated heterocycles. The summed E-state index contributed by atoms with van der Waals surface area (Å²) in [6, 6.07) is 14.3. The van der Waals surface area contributed by atoms with Gasteiger partial charge in [-0.1, -0.05) is 30.3 Å². The largest absolute Gasteiger partial charge is 0.495 e. The number of methoxy groups -OCH3 is 1. The van der Waals surface area contributed by atoms with Gasteiger partial charge in [0.15, 0.2) is 11.5 Å². The van der Waals surface area contributed by atoms with Gasteiger partial charge in [0.25, 0.3) is 0 Å². The molecule has 188 valence electrons. The van der Waals surface area contributed by atoms with Gasteiger partial charge in [0.1, 0.15) is 25.1 Å². The Morgan fingerprint density at radius 3 is 2.63 bits per heavy atom. The van der Waals surface area contributed by atoms with Crippen LogP contribution in [0.1, 0.15) is 24.8 Å². The van der Waals surface area contributed by atoms with Crippen LogP contribution in [0.25, 0.3) is 0 Å². The molecule has 2 fully saturated rings. The maximum absolute atomic E-state index is 12.3. The Morgan fingerprint density at radius 1 is 1.06 bits per heavy atom. The Kier molecular flexibility index (Phi) is 7.68. The standard InChI is InChI=1S/C27H33BrN2O5/c1-32-24-15-26-25(14-23(24)28)33-18-22(35-26)16-29-10-7-19(8-11-29)9-12-30-21(17-34-27(30)31)13-20-5-3-2-4-6-20/h2-6,14-15,19,21-22H,7-13,16-18H2,1H3/t21-,22?/m0/s1. The van der Waals surface area contributed by atoms with E-state index < -0.39 is 0 Å². The number of cyclic esters (lactones) is 1. The van der Waals surface area contributed by atoms with Crippen molar-refractivity contribution in [3.05, 3.63) is 52.5 Å². The number of carbonyl (C=O) groups is 1. The molecule has 0 radical (unpaired) electrons. The molecule has 2 atom stereocenters. The Hall–Kier alpha value is -2.45. The van der Waals surface area contributed by atoms with E-state index in [1.165, 1.54) is 5.56 Å². The maximum atomic E-state index is 12.3. The number of likely N-dealkylation sites (tertiary alicyclic amines) is 1. The van der Waals surface area contributed by atoms with Crippen LogP contribution in [0.4, 0.5) is 4.79 Å². The number of nitrogens with zero attached hydrogens (tertiary/aromatic N) is 2. The average molecular weight is 545 g/mol. The van der Waals surface area contributed by atoms with Crippen LogP contribution in [0.5, 0.6) is 17.2 Å². The maximum Gasteiger partial charge on any atom is 0.410 e. The van der Waals surface area contributed by atoms with Crippen molar-refractivity contribution in [3.8, 4) is 17.2 Å². The molecule has 3 heterocycles. The van der Waals surface area contributed by atoms with Gasteiger partial charge < -0.3 is 23.8 Å². The number of piperidine rings is 1. The van der Waals surface area contributed by atoms with E-state index in [9.17, 15) is 4.79 Å². The van der Waals surface area contributed by atoms with Crippen LogP contribution < -0.4 is 14.2 Å². The topological polar surface area (TPSA) is 60.5 Å². The summed E-state index contributed by atoms with van der Waals surface area (Å²) in [4.78, 5) is 16.7. The number of halogens is 1. The van der Waals surface area contributed by atoms with Crippen molar-refractivity contribution in [1.29, 1.82) is 0 Å². The Morgan fingerprint density at radius 2 is 1.86 bits per heavy atom. The van der Waals surface area contributed by atoms with Crippen molar-refractivity contribution in [1.82, 2.24) is 9.80 Å². The average Bonchev–Trinajstić information content (AvgIpc) is 3.22. The zero-order valence-electron chi connectivity index (χ0n) is 20.2. The van der Waals surface area contributed by atoms with Crippen molar-refractivity contribution in [2.75, 3.05) is 46.5 Å². The fourth-order valence-electron chi connectivity index (χ4n) is 5.25. The van der Waals surface area contributed by atoms with E-state index in [1.807, 2.05) is 35.2 Å². The predicted octanol–water partition coefficient (Wildman–Crippen LogP) is 4.76. The molecule has 35 heavy (non-hydrogen) atoms. The molecule has 0 saturated carbocycles. The van der Waals surface area contributed by atoms with E-state index in [-0.39, 0.29) is 18.2 Å². The van der Waals surface area contributed by atoms with Crippen molar-refractivity contribution in [2.24, 2.45) is 5.92 Å². The third kappa shape index (κ3) is 5.86. The molecule has 1 amide bonds. The molecule has 8 heteroatoms. The third-order valence-corrected chi connectivity index (χ3v) is 7.89. The van der Waals surface area contributed by atoms with Crippen molar-refractivity contribution < 1.29 is 23.7 Å². The lowest BCUT2D eigenvalue weighted by atomic mass is 9.93. The van der Waals surface area contributed by atoms with Crippen LogP contribution in [0.3, 0.4) is 0 Å². The van der Waals surface area contributed by atoms with Crippen LogP contribution in [-0.2, 0) is 11.2 Å². The Bertz CT molecular complexity index is 1010. The monoisotopic (exact) mass is 544 g/mol. The SMILES string of the molecule is COc1cc2c(cc1Br)OCC(CN1CCC(CCN3C(=O)OC[C@@H]3Cc3ccccc3)CC1)O2. The first-order valence-corrected chi connectivity index (χ1v) is 13.2. The minimum absolute atomic E-state index is 0.00282. The van der Waals surface area contributed by atoms with Crippen LogP contribution in [-0.4, -0.2) is 74.5 Å². The number of carbonyl (C=O) groups excluding carboxylic acids is 1. The van der Waals surface area contributed by atoms with Crippen LogP contribution >= 0.6 is 15.9 Å². The van der Waals surface area contributed by atoms with Crippen LogP contribution in [0, 0.1) is 5.92 Å². The van der Waals surface area contributed by atoms with Gasteiger partial charge in [0, 0.05) is 25.2 Å². The van der Waals surface area contributed by atoms with Gasteiger partial charge in [-0.15, -0.1) is 0 Å². The minimum Gasteiger partial charge on any atom is -0.495 e. The highest BCUT2D eigenvalue weighted by atomic mass is 79.9. The number of fused-ring (bicyclic) bond motifs is 1. The van der Waals surface area contributed by atoms with Crippen molar-refractivity contribution in [3.63, 3.8) is 0 Å². The second kappa shape index (κ2) is 11.1. The molecule has 3 aliphatic rings. The van der Waals surface area contributed by atoms with E-state index in [0.29, 0.717) is 19.1 Å². The first-order valence-electron chi connectivity index (χ1n) is 12.5. The summed E-state index contributed by atoms with van der Waals surface area (Å²) in [6.45, 7) is 4.74. The molecule has 5 rings (SSSR count). The van der Waals surface area contributed by atoms with Gasteiger partial charge >= 0.3 is 6.09 Å². The highest BCUT2D eigenvalue weighted by Gasteiger charge is 2.34. The summed E-state index contributed by atoms with van der Waals surface area (Å²) in [5.41, 5.74) is 1.25. The van der Waals surface area contributed by atoms with Crippen molar-refractivity contribution in [2.45, 2.75) is 37.8 Å². The van der Waals surface area contributed by atoms with E-state index in [2.05, 4.69) is 33.0 Å². The minimum atomic E-state index is -0.165. The van der Waals surface area contributed by atoms with Crippen LogP contribution in [0.15, 0.2) is 46.9 Å².